The summed E-state index contributed by atoms with van der Waals surface area (Å²) in [4.78, 5) is 44.0. The van der Waals surface area contributed by atoms with E-state index in [9.17, 15) is 14.4 Å². The molecule has 9 heteroatoms. The number of H-pyrrole nitrogens is 1. The van der Waals surface area contributed by atoms with E-state index in [1.807, 2.05) is 13.0 Å². The molecule has 0 bridgehead atoms. The Labute approximate surface area is 201 Å². The van der Waals surface area contributed by atoms with Crippen LogP contribution in [0.25, 0.3) is 17.1 Å². The molecule has 2 aromatic heterocycles. The SMILES string of the molecule is CCOC(=O)c1cnn(-c2ccc(C(=O)Nc3cccc(-c4nc(CC)cc(=O)[nH]4)c3)cc2)c1C. The molecule has 0 aliphatic heterocycles. The van der Waals surface area contributed by atoms with E-state index in [0.717, 1.165) is 0 Å². The Balaban J connectivity index is 1.51. The maximum absolute atomic E-state index is 12.8. The average molecular weight is 472 g/mol. The molecule has 0 atom stereocenters. The zero-order valence-corrected chi connectivity index (χ0v) is 19.7. The van der Waals surface area contributed by atoms with Gasteiger partial charge in [0.1, 0.15) is 11.4 Å². The van der Waals surface area contributed by atoms with Crippen molar-refractivity contribution in [3.05, 3.63) is 93.7 Å². The molecule has 2 heterocycles. The van der Waals surface area contributed by atoms with Gasteiger partial charge in [-0.2, -0.15) is 5.10 Å². The number of benzene rings is 2. The molecule has 0 radical (unpaired) electrons. The van der Waals surface area contributed by atoms with E-state index in [0.29, 0.717) is 51.7 Å². The fraction of sp³-hybridized carbons (Fsp3) is 0.192. The summed E-state index contributed by atoms with van der Waals surface area (Å²) in [5, 5.41) is 7.15. The number of nitrogens with zero attached hydrogens (tertiary/aromatic N) is 3. The van der Waals surface area contributed by atoms with Crippen molar-refractivity contribution in [2.24, 2.45) is 0 Å². The van der Waals surface area contributed by atoms with E-state index >= 15 is 0 Å². The highest BCUT2D eigenvalue weighted by atomic mass is 16.5. The minimum absolute atomic E-state index is 0.219. The lowest BCUT2D eigenvalue weighted by atomic mass is 10.1. The Bertz CT molecular complexity index is 1440. The third kappa shape index (κ3) is 5.19. The van der Waals surface area contributed by atoms with E-state index in [1.54, 1.807) is 61.0 Å². The number of anilines is 1. The fourth-order valence-electron chi connectivity index (χ4n) is 3.61. The van der Waals surface area contributed by atoms with Gasteiger partial charge in [0.05, 0.1) is 24.2 Å². The summed E-state index contributed by atoms with van der Waals surface area (Å²) >= 11 is 0. The van der Waals surface area contributed by atoms with Crippen molar-refractivity contribution < 1.29 is 14.3 Å². The first-order chi connectivity index (χ1) is 16.9. The van der Waals surface area contributed by atoms with Gasteiger partial charge in [-0.05, 0) is 56.7 Å². The van der Waals surface area contributed by atoms with Gasteiger partial charge in [0.25, 0.3) is 11.5 Å². The number of ether oxygens (including phenoxy) is 1. The molecule has 1 amide bonds. The fourth-order valence-corrected chi connectivity index (χ4v) is 3.61. The first kappa shape index (κ1) is 23.6. The topological polar surface area (TPSA) is 119 Å². The van der Waals surface area contributed by atoms with Crippen LogP contribution in [0, 0.1) is 6.92 Å². The van der Waals surface area contributed by atoms with Crippen molar-refractivity contribution >= 4 is 17.6 Å². The number of esters is 1. The van der Waals surface area contributed by atoms with E-state index in [2.05, 4.69) is 20.4 Å². The summed E-state index contributed by atoms with van der Waals surface area (Å²) in [6.45, 7) is 5.75. The second-order valence-electron chi connectivity index (χ2n) is 7.80. The van der Waals surface area contributed by atoms with Crippen LogP contribution < -0.4 is 10.9 Å². The molecule has 178 valence electrons. The number of carbonyl (C=O) groups is 2. The highest BCUT2D eigenvalue weighted by Gasteiger charge is 2.16. The first-order valence-electron chi connectivity index (χ1n) is 11.2. The second kappa shape index (κ2) is 10.2. The van der Waals surface area contributed by atoms with Crippen molar-refractivity contribution in [3.63, 3.8) is 0 Å². The van der Waals surface area contributed by atoms with Gasteiger partial charge in [0.15, 0.2) is 0 Å². The molecule has 35 heavy (non-hydrogen) atoms. The highest BCUT2D eigenvalue weighted by Crippen LogP contribution is 2.20. The summed E-state index contributed by atoms with van der Waals surface area (Å²) < 4.78 is 6.67. The second-order valence-corrected chi connectivity index (χ2v) is 7.80. The lowest BCUT2D eigenvalue weighted by Gasteiger charge is -2.09. The summed E-state index contributed by atoms with van der Waals surface area (Å²) in [6, 6.07) is 15.5. The molecular formula is C26H25N5O4. The zero-order valence-electron chi connectivity index (χ0n) is 19.7. The number of nitrogens with one attached hydrogen (secondary N) is 2. The molecule has 2 N–H and O–H groups in total. The van der Waals surface area contributed by atoms with Crippen LogP contribution in [0.2, 0.25) is 0 Å². The van der Waals surface area contributed by atoms with Crippen LogP contribution in [-0.4, -0.2) is 38.2 Å². The van der Waals surface area contributed by atoms with Crippen molar-refractivity contribution in [2.45, 2.75) is 27.2 Å². The van der Waals surface area contributed by atoms with Crippen molar-refractivity contribution in [3.8, 4) is 17.1 Å². The van der Waals surface area contributed by atoms with Crippen LogP contribution in [0.4, 0.5) is 5.69 Å². The molecule has 0 aliphatic rings. The Morgan fingerprint density at radius 2 is 1.86 bits per heavy atom. The van der Waals surface area contributed by atoms with Crippen LogP contribution in [0.5, 0.6) is 0 Å². The molecular weight excluding hydrogens is 446 g/mol. The Hall–Kier alpha value is -4.53. The molecule has 0 spiro atoms. The van der Waals surface area contributed by atoms with Gasteiger partial charge in [0.2, 0.25) is 0 Å². The number of hydrogen-bond acceptors (Lipinski definition) is 6. The van der Waals surface area contributed by atoms with Crippen molar-refractivity contribution in [1.29, 1.82) is 0 Å². The normalized spacial score (nSPS) is 10.7. The van der Waals surface area contributed by atoms with E-state index < -0.39 is 5.97 Å². The standard InChI is InChI=1S/C26H25N5O4/c1-4-19-14-23(32)30-24(28-19)18-7-6-8-20(13-18)29-25(33)17-9-11-21(12-10-17)31-16(3)22(15-27-31)26(34)35-5-2/h6-15H,4-5H2,1-3H3,(H,29,33)(H,28,30,32). The van der Waals surface area contributed by atoms with Gasteiger partial charge in [-0.3, -0.25) is 9.59 Å². The monoisotopic (exact) mass is 471 g/mol. The minimum Gasteiger partial charge on any atom is -0.462 e. The van der Waals surface area contributed by atoms with Crippen molar-refractivity contribution in [2.75, 3.05) is 11.9 Å². The molecule has 0 saturated heterocycles. The van der Waals surface area contributed by atoms with Crippen molar-refractivity contribution in [1.82, 2.24) is 19.7 Å². The van der Waals surface area contributed by atoms with E-state index in [-0.39, 0.29) is 18.1 Å². The van der Waals surface area contributed by atoms with Gasteiger partial charge in [-0.25, -0.2) is 14.5 Å². The lowest BCUT2D eigenvalue weighted by molar-refractivity contribution is 0.0525. The third-order valence-electron chi connectivity index (χ3n) is 5.43. The summed E-state index contributed by atoms with van der Waals surface area (Å²) in [5.74, 6) is -0.261. The number of hydrogen-bond donors (Lipinski definition) is 2. The summed E-state index contributed by atoms with van der Waals surface area (Å²) in [5.41, 5.74) is 3.95. The predicted octanol–water partition coefficient (Wildman–Crippen LogP) is 3.92. The minimum atomic E-state index is -0.421. The largest absolute Gasteiger partial charge is 0.462 e. The zero-order chi connectivity index (χ0) is 24.9. The number of carbonyl (C=O) groups excluding carboxylic acids is 2. The van der Waals surface area contributed by atoms with Crippen LogP contribution in [0.1, 0.15) is 46.0 Å². The van der Waals surface area contributed by atoms with Crippen LogP contribution in [0.15, 0.2) is 65.6 Å². The summed E-state index contributed by atoms with van der Waals surface area (Å²) in [7, 11) is 0. The van der Waals surface area contributed by atoms with Gasteiger partial charge in [0, 0.05) is 28.6 Å². The van der Waals surface area contributed by atoms with Crippen LogP contribution >= 0.6 is 0 Å². The first-order valence-corrected chi connectivity index (χ1v) is 11.2. The average Bonchev–Trinajstić information content (AvgIpc) is 3.25. The van der Waals surface area contributed by atoms with E-state index in [1.165, 1.54) is 12.3 Å². The smallest absolute Gasteiger partial charge is 0.341 e. The quantitative estimate of drug-likeness (QED) is 0.394. The van der Waals surface area contributed by atoms with Crippen LogP contribution in [-0.2, 0) is 11.2 Å². The predicted molar refractivity (Wildman–Crippen MR) is 132 cm³/mol. The third-order valence-corrected chi connectivity index (χ3v) is 5.43. The van der Waals surface area contributed by atoms with Crippen LogP contribution in [0.3, 0.4) is 0 Å². The molecule has 4 rings (SSSR count). The molecule has 2 aromatic carbocycles. The Kier molecular flexibility index (Phi) is 6.86. The maximum Gasteiger partial charge on any atom is 0.341 e. The number of aromatic amines is 1. The van der Waals surface area contributed by atoms with Gasteiger partial charge in [-0.1, -0.05) is 19.1 Å². The molecule has 0 aliphatic carbocycles. The van der Waals surface area contributed by atoms with E-state index in [4.69, 9.17) is 4.74 Å². The molecule has 9 nitrogen and oxygen atoms in total. The number of rotatable bonds is 7. The molecule has 0 saturated carbocycles. The number of aromatic nitrogens is 4. The molecule has 0 unspecified atom stereocenters. The number of aryl methyl sites for hydroxylation is 1. The highest BCUT2D eigenvalue weighted by molar-refractivity contribution is 6.04. The molecule has 4 aromatic rings. The molecule has 0 fully saturated rings. The number of amides is 1. The lowest BCUT2D eigenvalue weighted by Crippen LogP contribution is -2.13. The van der Waals surface area contributed by atoms with Gasteiger partial charge >= 0.3 is 5.97 Å². The Morgan fingerprint density at radius 3 is 2.57 bits per heavy atom. The summed E-state index contributed by atoms with van der Waals surface area (Å²) in [6.07, 6.45) is 2.12. The van der Waals surface area contributed by atoms with Gasteiger partial charge < -0.3 is 15.0 Å². The Morgan fingerprint density at radius 1 is 1.09 bits per heavy atom. The van der Waals surface area contributed by atoms with Gasteiger partial charge in [-0.15, -0.1) is 0 Å². The maximum atomic E-state index is 12.8.